The van der Waals surface area contributed by atoms with Gasteiger partial charge in [-0.2, -0.15) is 11.8 Å². The average Bonchev–Trinajstić information content (AvgIpc) is 2.45. The van der Waals surface area contributed by atoms with Gasteiger partial charge in [0, 0.05) is 12.1 Å². The van der Waals surface area contributed by atoms with Crippen LogP contribution in [0.4, 0.5) is 5.82 Å². The number of nitrogens with zero attached hydrogens (tertiary/aromatic N) is 1. The highest BCUT2D eigenvalue weighted by atomic mass is 35.5. The third-order valence-corrected chi connectivity index (χ3v) is 3.66. The molecular formula is C13H21ClN4OS. The van der Waals surface area contributed by atoms with Gasteiger partial charge in [-0.05, 0) is 37.0 Å². The lowest BCUT2D eigenvalue weighted by Gasteiger charge is -2.07. The van der Waals surface area contributed by atoms with Crippen molar-refractivity contribution in [1.29, 1.82) is 0 Å². The summed E-state index contributed by atoms with van der Waals surface area (Å²) in [5, 5.41) is 3.11. The van der Waals surface area contributed by atoms with Crippen LogP contribution >= 0.6 is 23.4 Å². The van der Waals surface area contributed by atoms with E-state index in [-0.39, 0.29) is 11.1 Å². The molecule has 1 amide bonds. The molecule has 7 heteroatoms. The number of carbonyl (C=O) groups excluding carboxylic acids is 1. The second-order valence-electron chi connectivity index (χ2n) is 4.37. The molecule has 0 unspecified atom stereocenters. The molecule has 1 aromatic rings. The maximum Gasteiger partial charge on any atom is 0.251 e. The lowest BCUT2D eigenvalue weighted by Crippen LogP contribution is -2.24. The lowest BCUT2D eigenvalue weighted by atomic mass is 10.2. The molecule has 5 nitrogen and oxygen atoms in total. The number of hydrogen-bond acceptors (Lipinski definition) is 5. The van der Waals surface area contributed by atoms with E-state index >= 15 is 0 Å². The minimum absolute atomic E-state index is 0.157. The molecule has 0 aliphatic heterocycles. The maximum atomic E-state index is 11.9. The van der Waals surface area contributed by atoms with E-state index in [9.17, 15) is 4.79 Å². The zero-order chi connectivity index (χ0) is 14.8. The van der Waals surface area contributed by atoms with Crippen molar-refractivity contribution >= 4 is 35.1 Å². The molecule has 4 N–H and O–H groups in total. The van der Waals surface area contributed by atoms with Crippen molar-refractivity contribution in [2.45, 2.75) is 25.7 Å². The molecule has 0 saturated carbocycles. The first kappa shape index (κ1) is 17.1. The Hall–Kier alpha value is -0.980. The molecule has 1 heterocycles. The molecule has 0 radical (unpaired) electrons. The summed E-state index contributed by atoms with van der Waals surface area (Å²) in [5.41, 5.74) is 2.84. The van der Waals surface area contributed by atoms with E-state index in [2.05, 4.69) is 22.0 Å². The predicted molar refractivity (Wildman–Crippen MR) is 86.2 cm³/mol. The van der Waals surface area contributed by atoms with Gasteiger partial charge in [0.15, 0.2) is 0 Å². The van der Waals surface area contributed by atoms with E-state index in [1.54, 1.807) is 6.07 Å². The number of hydrazine groups is 1. The van der Waals surface area contributed by atoms with Gasteiger partial charge in [0.05, 0.1) is 0 Å². The number of carbonyl (C=O) groups is 1. The van der Waals surface area contributed by atoms with E-state index in [1.165, 1.54) is 24.7 Å². The quantitative estimate of drug-likeness (QED) is 0.282. The van der Waals surface area contributed by atoms with E-state index in [1.807, 2.05) is 11.8 Å². The summed E-state index contributed by atoms with van der Waals surface area (Å²) in [6.45, 7) is 0.670. The molecule has 0 fully saturated rings. The highest BCUT2D eigenvalue weighted by Gasteiger charge is 2.08. The molecule has 0 atom stereocenters. The van der Waals surface area contributed by atoms with Crippen LogP contribution < -0.4 is 16.6 Å². The third-order valence-electron chi connectivity index (χ3n) is 2.76. The van der Waals surface area contributed by atoms with E-state index in [4.69, 9.17) is 17.4 Å². The highest BCUT2D eigenvalue weighted by molar-refractivity contribution is 7.98. The van der Waals surface area contributed by atoms with Crippen LogP contribution in [-0.4, -0.2) is 29.4 Å². The second-order valence-corrected chi connectivity index (χ2v) is 5.74. The third kappa shape index (κ3) is 6.45. The number of anilines is 1. The molecule has 0 bridgehead atoms. The van der Waals surface area contributed by atoms with Gasteiger partial charge in [0.25, 0.3) is 5.91 Å². The van der Waals surface area contributed by atoms with E-state index < -0.39 is 0 Å². The number of nitrogens with one attached hydrogen (secondary N) is 2. The van der Waals surface area contributed by atoms with Crippen molar-refractivity contribution in [2.24, 2.45) is 5.84 Å². The van der Waals surface area contributed by atoms with Crippen LogP contribution in [0.3, 0.4) is 0 Å². The average molecular weight is 317 g/mol. The first-order valence-corrected chi connectivity index (χ1v) is 8.36. The summed E-state index contributed by atoms with van der Waals surface area (Å²) in [6, 6.07) is 3.09. The van der Waals surface area contributed by atoms with Gasteiger partial charge in [-0.3, -0.25) is 4.79 Å². The van der Waals surface area contributed by atoms with Gasteiger partial charge in [-0.1, -0.05) is 24.4 Å². The number of rotatable bonds is 9. The van der Waals surface area contributed by atoms with Gasteiger partial charge < -0.3 is 10.7 Å². The van der Waals surface area contributed by atoms with Crippen molar-refractivity contribution < 1.29 is 4.79 Å². The number of halogens is 1. The largest absolute Gasteiger partial charge is 0.352 e. The Labute approximate surface area is 129 Å². The molecular weight excluding hydrogens is 296 g/mol. The smallest absolute Gasteiger partial charge is 0.251 e. The van der Waals surface area contributed by atoms with Gasteiger partial charge in [0.1, 0.15) is 11.0 Å². The molecule has 112 valence electrons. The number of hydrogen-bond donors (Lipinski definition) is 3. The van der Waals surface area contributed by atoms with E-state index in [0.29, 0.717) is 17.9 Å². The number of nitrogens with two attached hydrogens (primary N) is 1. The van der Waals surface area contributed by atoms with Gasteiger partial charge >= 0.3 is 0 Å². The summed E-state index contributed by atoms with van der Waals surface area (Å²) in [5.74, 6) is 6.69. The zero-order valence-corrected chi connectivity index (χ0v) is 13.2. The standard InChI is InChI=1S/C13H21ClN4OS/c1-20-7-5-3-2-4-6-16-13(19)10-8-11(14)17-12(9-10)18-15/h8-9H,2-7,15H2,1H3,(H,16,19)(H,17,18). The van der Waals surface area contributed by atoms with Crippen molar-refractivity contribution in [3.05, 3.63) is 22.8 Å². The van der Waals surface area contributed by atoms with Crippen molar-refractivity contribution in [1.82, 2.24) is 10.3 Å². The number of amides is 1. The second kappa shape index (κ2) is 9.85. The molecule has 1 aromatic heterocycles. The lowest BCUT2D eigenvalue weighted by molar-refractivity contribution is 0.0953. The van der Waals surface area contributed by atoms with Crippen LogP contribution in [-0.2, 0) is 0 Å². The van der Waals surface area contributed by atoms with Crippen molar-refractivity contribution in [2.75, 3.05) is 24.0 Å². The van der Waals surface area contributed by atoms with E-state index in [0.717, 1.165) is 12.8 Å². The first-order valence-electron chi connectivity index (χ1n) is 6.58. The van der Waals surface area contributed by atoms with Crippen molar-refractivity contribution in [3.63, 3.8) is 0 Å². The van der Waals surface area contributed by atoms with Crippen LogP contribution in [0.5, 0.6) is 0 Å². The Balaban J connectivity index is 2.30. The molecule has 0 aromatic carbocycles. The maximum absolute atomic E-state index is 11.9. The van der Waals surface area contributed by atoms with Crippen LogP contribution in [0.2, 0.25) is 5.15 Å². The van der Waals surface area contributed by atoms with Gasteiger partial charge in [0.2, 0.25) is 0 Å². The number of unbranched alkanes of at least 4 members (excludes halogenated alkanes) is 3. The number of aromatic nitrogens is 1. The van der Waals surface area contributed by atoms with Crippen LogP contribution in [0.1, 0.15) is 36.0 Å². The summed E-state index contributed by atoms with van der Waals surface area (Å²) < 4.78 is 0. The molecule has 0 aliphatic carbocycles. The molecule has 0 aliphatic rings. The highest BCUT2D eigenvalue weighted by Crippen LogP contribution is 2.13. The van der Waals surface area contributed by atoms with Crippen LogP contribution in [0, 0.1) is 0 Å². The molecule has 1 rings (SSSR count). The Bertz CT molecular complexity index is 431. The fourth-order valence-electron chi connectivity index (χ4n) is 1.73. The zero-order valence-electron chi connectivity index (χ0n) is 11.6. The molecule has 20 heavy (non-hydrogen) atoms. The summed E-state index contributed by atoms with van der Waals surface area (Å²) >= 11 is 7.68. The van der Waals surface area contributed by atoms with Gasteiger partial charge in [-0.25, -0.2) is 10.8 Å². The molecule has 0 saturated heterocycles. The van der Waals surface area contributed by atoms with Crippen molar-refractivity contribution in [3.8, 4) is 0 Å². The Morgan fingerprint density at radius 3 is 2.80 bits per heavy atom. The number of thioether (sulfide) groups is 1. The van der Waals surface area contributed by atoms with Gasteiger partial charge in [-0.15, -0.1) is 0 Å². The normalized spacial score (nSPS) is 10.3. The minimum Gasteiger partial charge on any atom is -0.352 e. The first-order chi connectivity index (χ1) is 9.67. The summed E-state index contributed by atoms with van der Waals surface area (Å²) in [7, 11) is 0. The summed E-state index contributed by atoms with van der Waals surface area (Å²) in [6.07, 6.45) is 6.68. The topological polar surface area (TPSA) is 80.0 Å². The number of pyridine rings is 1. The molecule has 0 spiro atoms. The fraction of sp³-hybridized carbons (Fsp3) is 0.538. The van der Waals surface area contributed by atoms with Crippen LogP contribution in [0.25, 0.3) is 0 Å². The fourth-order valence-corrected chi connectivity index (χ4v) is 2.43. The Kier molecular flexibility index (Phi) is 8.41. The number of nitrogen functional groups attached to an aromatic ring is 1. The Morgan fingerprint density at radius 1 is 1.35 bits per heavy atom. The minimum atomic E-state index is -0.157. The predicted octanol–water partition coefficient (Wildman–Crippen LogP) is 2.67. The summed E-state index contributed by atoms with van der Waals surface area (Å²) in [4.78, 5) is 15.9. The monoisotopic (exact) mass is 316 g/mol. The Morgan fingerprint density at radius 2 is 2.10 bits per heavy atom. The van der Waals surface area contributed by atoms with Crippen LogP contribution in [0.15, 0.2) is 12.1 Å². The SMILES string of the molecule is CSCCCCCCNC(=O)c1cc(Cl)nc(NN)c1.